The highest BCUT2D eigenvalue weighted by molar-refractivity contribution is 6.35. The molecule has 0 radical (unpaired) electrons. The molecule has 0 nitrogen and oxygen atoms in total. The SMILES string of the molecule is CCCCCCC[CH2][Mg][CH2]CCCCCCC.CCC[CH2][Mg][CH2]CCC. The second-order valence-electron chi connectivity index (χ2n) is 8.36. The van der Waals surface area contributed by atoms with Crippen LogP contribution >= 0.6 is 0 Å². The summed E-state index contributed by atoms with van der Waals surface area (Å²) >= 11 is 0.722. The molecule has 0 aliphatic carbocycles. The third kappa shape index (κ3) is 33.1. The van der Waals surface area contributed by atoms with Gasteiger partial charge in [-0.05, 0) is 0 Å². The predicted molar refractivity (Wildman–Crippen MR) is 127 cm³/mol. The monoisotopic (exact) mass is 388 g/mol. The Balaban J connectivity index is 0. The fourth-order valence-corrected chi connectivity index (χ4v) is 7.30. The number of unbranched alkanes of at least 4 members (excludes halogenated alkanes) is 12. The molecule has 26 heavy (non-hydrogen) atoms. The summed E-state index contributed by atoms with van der Waals surface area (Å²) in [5, 5.41) is 0. The summed E-state index contributed by atoms with van der Waals surface area (Å²) in [5.41, 5.74) is 0. The summed E-state index contributed by atoms with van der Waals surface area (Å²) in [7, 11) is 0. The van der Waals surface area contributed by atoms with Crippen LogP contribution < -0.4 is 0 Å². The zero-order chi connectivity index (χ0) is 19.6. The van der Waals surface area contributed by atoms with Crippen LogP contribution in [0.4, 0.5) is 0 Å². The van der Waals surface area contributed by atoms with E-state index in [9.17, 15) is 0 Å². The molecule has 0 saturated heterocycles. The van der Waals surface area contributed by atoms with Crippen molar-refractivity contribution in [1.29, 1.82) is 0 Å². The fourth-order valence-electron chi connectivity index (χ4n) is 3.47. The van der Waals surface area contributed by atoms with Gasteiger partial charge in [-0.15, -0.1) is 18.2 Å². The van der Waals surface area contributed by atoms with Gasteiger partial charge in [0.05, 0.1) is 0 Å². The Hall–Kier alpha value is 1.53. The molecule has 0 atom stereocenters. The molecule has 0 aromatic rings. The van der Waals surface area contributed by atoms with Gasteiger partial charge in [-0.1, -0.05) is 130 Å². The molecule has 0 aromatic carbocycles. The molecule has 0 aliphatic heterocycles. The molecule has 2 heteroatoms. The van der Waals surface area contributed by atoms with Gasteiger partial charge >= 0.3 is 40.7 Å². The summed E-state index contributed by atoms with van der Waals surface area (Å²) in [5.74, 6) is 0. The Morgan fingerprint density at radius 1 is 0.308 bits per heavy atom. The maximum absolute atomic E-state index is 2.30. The highest BCUT2D eigenvalue weighted by Gasteiger charge is 1.97. The topological polar surface area (TPSA) is 0 Å². The van der Waals surface area contributed by atoms with Crippen molar-refractivity contribution < 1.29 is 0 Å². The average Bonchev–Trinajstić information content (AvgIpc) is 2.66. The van der Waals surface area contributed by atoms with Crippen LogP contribution in [-0.2, 0) is 0 Å². The molecule has 152 valence electrons. The largest absolute Gasteiger partial charge is 0.364 e. The maximum Gasteiger partial charge on any atom is 0.364 e. The second kappa shape index (κ2) is 31.2. The lowest BCUT2D eigenvalue weighted by atomic mass is 10.1. The smallest absolute Gasteiger partial charge is 0.146 e. The van der Waals surface area contributed by atoms with Crippen molar-refractivity contribution in [2.24, 2.45) is 0 Å². The third-order valence-corrected chi connectivity index (χ3v) is 9.41. The molecular formula is C24H52Mg2. The molecule has 0 amide bonds. The molecule has 0 aromatic heterocycles. The van der Waals surface area contributed by atoms with Crippen LogP contribution in [0.5, 0.6) is 0 Å². The van der Waals surface area contributed by atoms with E-state index >= 15 is 0 Å². The van der Waals surface area contributed by atoms with Crippen molar-refractivity contribution in [3.63, 3.8) is 0 Å². The lowest BCUT2D eigenvalue weighted by Gasteiger charge is -2.01. The Morgan fingerprint density at radius 2 is 0.577 bits per heavy atom. The second-order valence-corrected chi connectivity index (χ2v) is 12.6. The summed E-state index contributed by atoms with van der Waals surface area (Å²) in [6.07, 6.45) is 23.6. The van der Waals surface area contributed by atoms with E-state index in [4.69, 9.17) is 0 Å². The van der Waals surface area contributed by atoms with E-state index in [1.165, 1.54) is 89.9 Å². The maximum atomic E-state index is 2.30. The average molecular weight is 389 g/mol. The quantitative estimate of drug-likeness (QED) is 0.144. The van der Waals surface area contributed by atoms with Gasteiger partial charge in [0, 0.05) is 0 Å². The van der Waals surface area contributed by atoms with E-state index in [2.05, 4.69) is 27.7 Å². The minimum atomic E-state index is 0.332. The first-order valence-electron chi connectivity index (χ1n) is 12.8. The van der Waals surface area contributed by atoms with Crippen molar-refractivity contribution in [3.05, 3.63) is 0 Å². The van der Waals surface area contributed by atoms with Crippen LogP contribution in [0.15, 0.2) is 0 Å². The van der Waals surface area contributed by atoms with Crippen LogP contribution in [0.3, 0.4) is 0 Å². The van der Waals surface area contributed by atoms with E-state index in [-0.39, 0.29) is 0 Å². The summed E-state index contributed by atoms with van der Waals surface area (Å²) < 4.78 is 6.44. The normalized spacial score (nSPS) is 10.0. The van der Waals surface area contributed by atoms with Crippen molar-refractivity contribution in [2.75, 3.05) is 0 Å². The van der Waals surface area contributed by atoms with Crippen LogP contribution in [0.25, 0.3) is 0 Å². The van der Waals surface area contributed by atoms with Gasteiger partial charge in [0.15, 0.2) is 0 Å². The molecule has 0 heterocycles. The van der Waals surface area contributed by atoms with Gasteiger partial charge < -0.3 is 0 Å². The van der Waals surface area contributed by atoms with E-state index in [0.29, 0.717) is 40.7 Å². The third-order valence-electron chi connectivity index (χ3n) is 5.41. The van der Waals surface area contributed by atoms with Gasteiger partial charge in [-0.25, -0.2) is 0 Å². The Bertz CT molecular complexity index is 186. The highest BCUT2D eigenvalue weighted by Crippen LogP contribution is 2.10. The van der Waals surface area contributed by atoms with E-state index < -0.39 is 0 Å². The van der Waals surface area contributed by atoms with Crippen molar-refractivity contribution in [3.8, 4) is 0 Å². The van der Waals surface area contributed by atoms with Crippen LogP contribution in [0.1, 0.15) is 130 Å². The molecule has 0 bridgehead atoms. The molecule has 0 unspecified atom stereocenters. The highest BCUT2D eigenvalue weighted by atomic mass is 24.5. The first kappa shape index (κ1) is 29.7. The molecular weight excluding hydrogens is 337 g/mol. The van der Waals surface area contributed by atoms with E-state index in [1.54, 1.807) is 31.0 Å². The first-order chi connectivity index (χ1) is 12.8. The summed E-state index contributed by atoms with van der Waals surface area (Å²) in [6, 6.07) is 0. The summed E-state index contributed by atoms with van der Waals surface area (Å²) in [6.45, 7) is 9.17. The van der Waals surface area contributed by atoms with Gasteiger partial charge in [-0.2, -0.15) is 0 Å². The Kier molecular flexibility index (Phi) is 35.7. The van der Waals surface area contributed by atoms with Gasteiger partial charge in [-0.3, -0.25) is 0 Å². The Labute approximate surface area is 188 Å². The number of hydrogen-bond acceptors (Lipinski definition) is 0. The van der Waals surface area contributed by atoms with Crippen molar-refractivity contribution in [1.82, 2.24) is 0 Å². The lowest BCUT2D eigenvalue weighted by molar-refractivity contribution is 0.618. The van der Waals surface area contributed by atoms with E-state index in [0.717, 1.165) is 0 Å². The lowest BCUT2D eigenvalue weighted by Crippen LogP contribution is -1.90. The standard InChI is InChI=1S/2C8H17.2C4H9.2Mg/c2*1-3-5-7-8-6-4-2;2*1-3-4-2;;/h2*1,3-8H2,2H3;2*1,3-4H2,2H3;;. The van der Waals surface area contributed by atoms with Gasteiger partial charge in [0.2, 0.25) is 0 Å². The van der Waals surface area contributed by atoms with Crippen LogP contribution in [0, 0.1) is 0 Å². The number of hydrogen-bond donors (Lipinski definition) is 0. The van der Waals surface area contributed by atoms with Crippen LogP contribution in [-0.4, -0.2) is 40.7 Å². The molecule has 0 saturated carbocycles. The summed E-state index contributed by atoms with van der Waals surface area (Å²) in [4.78, 5) is 0. The minimum Gasteiger partial charge on any atom is -0.146 e. The van der Waals surface area contributed by atoms with Crippen LogP contribution in [0.2, 0.25) is 18.2 Å². The minimum absolute atomic E-state index is 0.332. The molecule has 0 fully saturated rings. The Morgan fingerprint density at radius 3 is 0.923 bits per heavy atom. The zero-order valence-electron chi connectivity index (χ0n) is 19.6. The van der Waals surface area contributed by atoms with Gasteiger partial charge in [0.1, 0.15) is 0 Å². The first-order valence-corrected chi connectivity index (χ1v) is 16.8. The molecule has 0 spiro atoms. The van der Waals surface area contributed by atoms with Crippen molar-refractivity contribution >= 4 is 40.7 Å². The fraction of sp³-hybridized carbons (Fsp3) is 1.00. The molecule has 0 aliphatic rings. The zero-order valence-corrected chi connectivity index (χ0v) is 22.4. The molecule has 0 rings (SSSR count). The van der Waals surface area contributed by atoms with E-state index in [1.807, 2.05) is 0 Å². The molecule has 0 N–H and O–H groups in total. The number of rotatable bonds is 20. The van der Waals surface area contributed by atoms with Crippen molar-refractivity contribution in [2.45, 2.75) is 149 Å². The predicted octanol–water partition coefficient (Wildman–Crippen LogP) is 9.38. The van der Waals surface area contributed by atoms with Gasteiger partial charge in [0.25, 0.3) is 0 Å².